The summed E-state index contributed by atoms with van der Waals surface area (Å²) < 4.78 is 10.7. The Balaban J connectivity index is 1.92. The molecule has 4 unspecified atom stereocenters. The number of azide groups is 1. The molecule has 0 aromatic carbocycles. The predicted molar refractivity (Wildman–Crippen MR) is 37.0 cm³/mol. The van der Waals surface area contributed by atoms with Gasteiger partial charge >= 0.3 is 0 Å². The Labute approximate surface area is 63.9 Å². The molecule has 0 aromatic rings. The van der Waals surface area contributed by atoms with E-state index in [1.165, 1.54) is 0 Å². The van der Waals surface area contributed by atoms with Gasteiger partial charge < -0.3 is 9.47 Å². The summed E-state index contributed by atoms with van der Waals surface area (Å²) in [5.41, 5.74) is 8.05. The Hall–Kier alpha value is -0.770. The lowest BCUT2D eigenvalue weighted by Crippen LogP contribution is -2.20. The third-order valence-corrected chi connectivity index (χ3v) is 2.10. The summed E-state index contributed by atoms with van der Waals surface area (Å²) in [6, 6.07) is 0. The highest BCUT2D eigenvalue weighted by molar-refractivity contribution is 5.02. The first-order valence-electron chi connectivity index (χ1n) is 3.64. The van der Waals surface area contributed by atoms with Gasteiger partial charge in [-0.25, -0.2) is 0 Å². The highest BCUT2D eigenvalue weighted by Gasteiger charge is 2.55. The molecule has 0 amide bonds. The van der Waals surface area contributed by atoms with E-state index >= 15 is 0 Å². The number of rotatable bonds is 2. The van der Waals surface area contributed by atoms with Crippen LogP contribution in [-0.2, 0) is 9.47 Å². The van der Waals surface area contributed by atoms with Gasteiger partial charge in [-0.05, 0) is 12.5 Å². The van der Waals surface area contributed by atoms with E-state index in [1.54, 1.807) is 0 Å². The third-order valence-electron chi connectivity index (χ3n) is 2.10. The third kappa shape index (κ3) is 1.07. The topological polar surface area (TPSA) is 70.5 Å². The molecule has 5 nitrogen and oxygen atoms in total. The van der Waals surface area contributed by atoms with E-state index < -0.39 is 0 Å². The Bertz CT molecular complexity index is 214. The number of nitrogens with zero attached hydrogens (tertiary/aromatic N) is 3. The fourth-order valence-electron chi connectivity index (χ4n) is 1.51. The molecular formula is C6H9N3O2. The van der Waals surface area contributed by atoms with Crippen molar-refractivity contribution in [3.05, 3.63) is 10.4 Å². The van der Waals surface area contributed by atoms with E-state index in [0.717, 1.165) is 0 Å². The molecule has 0 spiro atoms. The van der Waals surface area contributed by atoms with Gasteiger partial charge in [-0.15, -0.1) is 0 Å². The quantitative estimate of drug-likeness (QED) is 0.256. The summed E-state index contributed by atoms with van der Waals surface area (Å²) in [5, 5.41) is 3.44. The molecule has 0 saturated carbocycles. The number of hydrogen-bond acceptors (Lipinski definition) is 3. The van der Waals surface area contributed by atoms with E-state index in [-0.39, 0.29) is 24.4 Å². The van der Waals surface area contributed by atoms with Crippen LogP contribution in [0.25, 0.3) is 10.4 Å². The van der Waals surface area contributed by atoms with Crippen LogP contribution in [0.2, 0.25) is 0 Å². The molecule has 2 aliphatic rings. The highest BCUT2D eigenvalue weighted by Crippen LogP contribution is 2.38. The van der Waals surface area contributed by atoms with Crippen LogP contribution in [0.3, 0.4) is 0 Å². The van der Waals surface area contributed by atoms with E-state index in [9.17, 15) is 0 Å². The fourth-order valence-corrected chi connectivity index (χ4v) is 1.51. The molecule has 0 radical (unpaired) electrons. The maximum Gasteiger partial charge on any atom is 0.113 e. The van der Waals surface area contributed by atoms with Crippen molar-refractivity contribution in [2.75, 3.05) is 6.54 Å². The Morgan fingerprint density at radius 1 is 1.45 bits per heavy atom. The molecule has 2 saturated heterocycles. The van der Waals surface area contributed by atoms with Crippen LogP contribution in [-0.4, -0.2) is 31.0 Å². The van der Waals surface area contributed by atoms with Gasteiger partial charge in [-0.2, -0.15) is 0 Å². The van der Waals surface area contributed by atoms with Crippen molar-refractivity contribution in [1.29, 1.82) is 0 Å². The van der Waals surface area contributed by atoms with E-state index in [2.05, 4.69) is 10.0 Å². The number of epoxide rings is 1. The predicted octanol–water partition coefficient (Wildman–Crippen LogP) is 0.851. The van der Waals surface area contributed by atoms with Gasteiger partial charge in [-0.1, -0.05) is 5.11 Å². The van der Waals surface area contributed by atoms with Crippen LogP contribution >= 0.6 is 0 Å². The van der Waals surface area contributed by atoms with Crippen LogP contribution < -0.4 is 0 Å². The molecule has 2 rings (SSSR count). The summed E-state index contributed by atoms with van der Waals surface area (Å²) >= 11 is 0. The zero-order valence-corrected chi connectivity index (χ0v) is 6.17. The monoisotopic (exact) mass is 155 g/mol. The Morgan fingerprint density at radius 3 is 2.73 bits per heavy atom. The second-order valence-corrected chi connectivity index (χ2v) is 2.86. The normalized spacial score (nSPS) is 46.3. The summed E-state index contributed by atoms with van der Waals surface area (Å²) in [5.74, 6) is 0. The second kappa shape index (κ2) is 2.37. The number of ether oxygens (including phenoxy) is 2. The maximum absolute atomic E-state index is 8.05. The van der Waals surface area contributed by atoms with E-state index in [1.807, 2.05) is 6.92 Å². The zero-order chi connectivity index (χ0) is 7.84. The second-order valence-electron chi connectivity index (χ2n) is 2.86. The van der Waals surface area contributed by atoms with Gasteiger partial charge in [0, 0.05) is 4.91 Å². The van der Waals surface area contributed by atoms with Crippen molar-refractivity contribution in [2.45, 2.75) is 31.3 Å². The van der Waals surface area contributed by atoms with Gasteiger partial charge in [0.05, 0.1) is 18.8 Å². The summed E-state index contributed by atoms with van der Waals surface area (Å²) in [6.45, 7) is 2.36. The minimum absolute atomic E-state index is 0.00843. The van der Waals surface area contributed by atoms with Crippen molar-refractivity contribution in [3.63, 3.8) is 0 Å². The molecule has 0 aliphatic carbocycles. The Kier molecular flexibility index (Phi) is 1.49. The summed E-state index contributed by atoms with van der Waals surface area (Å²) in [4.78, 5) is 2.67. The first-order chi connectivity index (χ1) is 5.33. The van der Waals surface area contributed by atoms with Gasteiger partial charge in [0.2, 0.25) is 0 Å². The molecule has 0 bridgehead atoms. The molecule has 2 heterocycles. The minimum Gasteiger partial charge on any atom is -0.370 e. The lowest BCUT2D eigenvalue weighted by atomic mass is 10.2. The highest BCUT2D eigenvalue weighted by atomic mass is 16.7. The standard InChI is InChI=1S/C6H9N3O2/c1-3-5-6(11-5)4(10-3)2-8-9-7/h3-6H,2H2,1H3. The SMILES string of the molecule is CC1OC(CN=[N+]=[N-])C2OC12. The van der Waals surface area contributed by atoms with Gasteiger partial charge in [-0.3, -0.25) is 0 Å². The molecule has 0 N–H and O–H groups in total. The smallest absolute Gasteiger partial charge is 0.113 e. The van der Waals surface area contributed by atoms with Gasteiger partial charge in [0.25, 0.3) is 0 Å². The summed E-state index contributed by atoms with van der Waals surface area (Å²) in [7, 11) is 0. The van der Waals surface area contributed by atoms with Crippen molar-refractivity contribution < 1.29 is 9.47 Å². The largest absolute Gasteiger partial charge is 0.370 e. The molecule has 4 atom stereocenters. The van der Waals surface area contributed by atoms with Crippen molar-refractivity contribution in [2.24, 2.45) is 5.11 Å². The molecular weight excluding hydrogens is 146 g/mol. The molecule has 2 fully saturated rings. The van der Waals surface area contributed by atoms with Crippen LogP contribution in [0, 0.1) is 0 Å². The van der Waals surface area contributed by atoms with Crippen LogP contribution in [0.1, 0.15) is 6.92 Å². The molecule has 60 valence electrons. The maximum atomic E-state index is 8.05. The van der Waals surface area contributed by atoms with Gasteiger partial charge in [0.1, 0.15) is 12.2 Å². The van der Waals surface area contributed by atoms with E-state index in [0.29, 0.717) is 6.54 Å². The summed E-state index contributed by atoms with van der Waals surface area (Å²) in [6.07, 6.45) is 0.606. The van der Waals surface area contributed by atoms with Crippen molar-refractivity contribution in [3.8, 4) is 0 Å². The molecule has 2 aliphatic heterocycles. The van der Waals surface area contributed by atoms with Crippen molar-refractivity contribution >= 4 is 0 Å². The fraction of sp³-hybridized carbons (Fsp3) is 1.00. The first-order valence-corrected chi connectivity index (χ1v) is 3.64. The lowest BCUT2D eigenvalue weighted by Gasteiger charge is -2.11. The number of hydrogen-bond donors (Lipinski definition) is 0. The Morgan fingerprint density at radius 2 is 2.27 bits per heavy atom. The van der Waals surface area contributed by atoms with Crippen LogP contribution in [0.4, 0.5) is 0 Å². The van der Waals surface area contributed by atoms with E-state index in [4.69, 9.17) is 15.0 Å². The first kappa shape index (κ1) is 6.91. The molecule has 11 heavy (non-hydrogen) atoms. The minimum atomic E-state index is -0.00843. The molecule has 5 heteroatoms. The molecule has 0 aromatic heterocycles. The zero-order valence-electron chi connectivity index (χ0n) is 6.17. The lowest BCUT2D eigenvalue weighted by molar-refractivity contribution is -0.0153. The van der Waals surface area contributed by atoms with Crippen LogP contribution in [0.5, 0.6) is 0 Å². The van der Waals surface area contributed by atoms with Crippen molar-refractivity contribution in [1.82, 2.24) is 0 Å². The average Bonchev–Trinajstić information content (AvgIpc) is 2.71. The number of fused-ring (bicyclic) bond motifs is 1. The van der Waals surface area contributed by atoms with Gasteiger partial charge in [0.15, 0.2) is 0 Å². The van der Waals surface area contributed by atoms with Crippen LogP contribution in [0.15, 0.2) is 5.11 Å². The average molecular weight is 155 g/mol.